The standard InChI is InChI=1S/C16H14O3/c1-11-6-5-9-13(12-7-3-2-4-8-12)15(11)19-16(17)14-10-18-14/h2-9,14H,10H2,1H3. The van der Waals surface area contributed by atoms with Crippen molar-refractivity contribution in [1.82, 2.24) is 0 Å². The Morgan fingerprint density at radius 1 is 1.16 bits per heavy atom. The molecule has 3 heteroatoms. The molecule has 3 rings (SSSR count). The average molecular weight is 254 g/mol. The van der Waals surface area contributed by atoms with E-state index in [9.17, 15) is 4.79 Å². The molecule has 2 aromatic rings. The fourth-order valence-electron chi connectivity index (χ4n) is 1.98. The lowest BCUT2D eigenvalue weighted by molar-refractivity contribution is -0.135. The minimum Gasteiger partial charge on any atom is -0.424 e. The number of benzene rings is 2. The number of esters is 1. The molecule has 0 bridgehead atoms. The van der Waals surface area contributed by atoms with Crippen LogP contribution in [0.15, 0.2) is 48.5 Å². The number of para-hydroxylation sites is 1. The molecule has 1 saturated heterocycles. The second-order valence-corrected chi connectivity index (χ2v) is 4.56. The van der Waals surface area contributed by atoms with Crippen molar-refractivity contribution in [3.05, 3.63) is 54.1 Å². The van der Waals surface area contributed by atoms with Crippen LogP contribution in [-0.4, -0.2) is 18.7 Å². The van der Waals surface area contributed by atoms with Crippen molar-refractivity contribution in [2.45, 2.75) is 13.0 Å². The number of carbonyl (C=O) groups excluding carboxylic acids is 1. The van der Waals surface area contributed by atoms with Crippen LogP contribution in [0, 0.1) is 6.92 Å². The van der Waals surface area contributed by atoms with Crippen LogP contribution in [0.5, 0.6) is 5.75 Å². The molecular weight excluding hydrogens is 240 g/mol. The normalized spacial score (nSPS) is 17.0. The van der Waals surface area contributed by atoms with Gasteiger partial charge in [0.1, 0.15) is 5.75 Å². The van der Waals surface area contributed by atoms with Crippen molar-refractivity contribution in [2.75, 3.05) is 6.61 Å². The Balaban J connectivity index is 1.99. The van der Waals surface area contributed by atoms with E-state index in [1.807, 2.05) is 55.5 Å². The fraction of sp³-hybridized carbons (Fsp3) is 0.188. The second kappa shape index (κ2) is 4.86. The van der Waals surface area contributed by atoms with E-state index < -0.39 is 0 Å². The van der Waals surface area contributed by atoms with E-state index in [1.54, 1.807) is 0 Å². The van der Waals surface area contributed by atoms with Gasteiger partial charge in [-0.3, -0.25) is 0 Å². The molecule has 96 valence electrons. The van der Waals surface area contributed by atoms with Gasteiger partial charge >= 0.3 is 5.97 Å². The molecule has 1 atom stereocenters. The van der Waals surface area contributed by atoms with Gasteiger partial charge in [0, 0.05) is 5.56 Å². The topological polar surface area (TPSA) is 38.8 Å². The predicted octanol–water partition coefficient (Wildman–Crippen LogP) is 2.97. The van der Waals surface area contributed by atoms with E-state index >= 15 is 0 Å². The first-order valence-corrected chi connectivity index (χ1v) is 6.24. The summed E-state index contributed by atoms with van der Waals surface area (Å²) in [6, 6.07) is 15.7. The lowest BCUT2D eigenvalue weighted by Crippen LogP contribution is -2.15. The Hall–Kier alpha value is -2.13. The van der Waals surface area contributed by atoms with E-state index in [1.165, 1.54) is 0 Å². The summed E-state index contributed by atoms with van der Waals surface area (Å²) in [6.45, 7) is 2.40. The average Bonchev–Trinajstić information content (AvgIpc) is 3.26. The van der Waals surface area contributed by atoms with Gasteiger partial charge in [0.25, 0.3) is 0 Å². The maximum Gasteiger partial charge on any atom is 0.343 e. The van der Waals surface area contributed by atoms with Crippen LogP contribution in [0.3, 0.4) is 0 Å². The zero-order valence-corrected chi connectivity index (χ0v) is 10.6. The number of hydrogen-bond acceptors (Lipinski definition) is 3. The van der Waals surface area contributed by atoms with Gasteiger partial charge < -0.3 is 9.47 Å². The lowest BCUT2D eigenvalue weighted by atomic mass is 10.0. The van der Waals surface area contributed by atoms with Crippen molar-refractivity contribution < 1.29 is 14.3 Å². The third-order valence-electron chi connectivity index (χ3n) is 3.10. The minimum absolute atomic E-state index is 0.313. The maximum absolute atomic E-state index is 11.8. The zero-order chi connectivity index (χ0) is 13.2. The molecule has 1 heterocycles. The van der Waals surface area contributed by atoms with Gasteiger partial charge in [0.15, 0.2) is 6.10 Å². The SMILES string of the molecule is Cc1cccc(-c2ccccc2)c1OC(=O)C1CO1. The van der Waals surface area contributed by atoms with Gasteiger partial charge in [0.05, 0.1) is 6.61 Å². The minimum atomic E-state index is -0.386. The van der Waals surface area contributed by atoms with Gasteiger partial charge in [-0.25, -0.2) is 4.79 Å². The fourth-order valence-corrected chi connectivity index (χ4v) is 1.98. The van der Waals surface area contributed by atoms with Crippen molar-refractivity contribution in [3.63, 3.8) is 0 Å². The Morgan fingerprint density at radius 2 is 1.89 bits per heavy atom. The van der Waals surface area contributed by atoms with Crippen molar-refractivity contribution in [2.24, 2.45) is 0 Å². The van der Waals surface area contributed by atoms with Gasteiger partial charge in [-0.15, -0.1) is 0 Å². The van der Waals surface area contributed by atoms with E-state index in [0.29, 0.717) is 12.4 Å². The van der Waals surface area contributed by atoms with Crippen molar-refractivity contribution in [1.29, 1.82) is 0 Å². The number of epoxide rings is 1. The maximum atomic E-state index is 11.8. The van der Waals surface area contributed by atoms with Gasteiger partial charge in [-0.2, -0.15) is 0 Å². The first-order chi connectivity index (χ1) is 9.25. The molecule has 3 nitrogen and oxygen atoms in total. The first-order valence-electron chi connectivity index (χ1n) is 6.24. The molecule has 0 aromatic heterocycles. The van der Waals surface area contributed by atoms with Crippen molar-refractivity contribution >= 4 is 5.97 Å². The summed E-state index contributed by atoms with van der Waals surface area (Å²) in [7, 11) is 0. The quantitative estimate of drug-likeness (QED) is 0.480. The van der Waals surface area contributed by atoms with Crippen LogP contribution in [0.4, 0.5) is 0 Å². The molecule has 1 aliphatic rings. The van der Waals surface area contributed by atoms with Gasteiger partial charge in [-0.05, 0) is 18.1 Å². The highest BCUT2D eigenvalue weighted by Crippen LogP contribution is 2.33. The zero-order valence-electron chi connectivity index (χ0n) is 10.6. The molecule has 0 N–H and O–H groups in total. The summed E-state index contributed by atoms with van der Waals surface area (Å²) in [6.07, 6.45) is -0.386. The highest BCUT2D eigenvalue weighted by Gasteiger charge is 2.34. The van der Waals surface area contributed by atoms with Crippen molar-refractivity contribution in [3.8, 4) is 16.9 Å². The third kappa shape index (κ3) is 2.51. The first kappa shape index (κ1) is 11.9. The Bertz CT molecular complexity index is 601. The molecule has 0 aliphatic carbocycles. The van der Waals surface area contributed by atoms with Crippen LogP contribution in [-0.2, 0) is 9.53 Å². The van der Waals surface area contributed by atoms with Crippen LogP contribution in [0.25, 0.3) is 11.1 Å². The molecule has 1 aliphatic heterocycles. The van der Waals surface area contributed by atoms with Gasteiger partial charge in [0.2, 0.25) is 0 Å². The summed E-state index contributed by atoms with van der Waals surface area (Å²) >= 11 is 0. The largest absolute Gasteiger partial charge is 0.424 e. The van der Waals surface area contributed by atoms with Crippen LogP contribution >= 0.6 is 0 Å². The molecule has 19 heavy (non-hydrogen) atoms. The molecule has 1 fully saturated rings. The number of carbonyl (C=O) groups is 1. The Labute approximate surface area is 111 Å². The Kier molecular flexibility index (Phi) is 3.05. The lowest BCUT2D eigenvalue weighted by Gasteiger charge is -2.12. The summed E-state index contributed by atoms with van der Waals surface area (Å²) in [5.74, 6) is 0.306. The Morgan fingerprint density at radius 3 is 2.58 bits per heavy atom. The molecule has 0 spiro atoms. The van der Waals surface area contributed by atoms with E-state index in [0.717, 1.165) is 16.7 Å². The highest BCUT2D eigenvalue weighted by atomic mass is 16.6. The number of ether oxygens (including phenoxy) is 2. The molecule has 1 unspecified atom stereocenters. The van der Waals surface area contributed by atoms with E-state index in [4.69, 9.17) is 9.47 Å². The molecule has 0 saturated carbocycles. The monoisotopic (exact) mass is 254 g/mol. The summed E-state index contributed by atoms with van der Waals surface area (Å²) in [5, 5.41) is 0. The van der Waals surface area contributed by atoms with Gasteiger partial charge in [-0.1, -0.05) is 48.5 Å². The molecule has 0 radical (unpaired) electrons. The number of aryl methyl sites for hydroxylation is 1. The van der Waals surface area contributed by atoms with E-state index in [-0.39, 0.29) is 12.1 Å². The summed E-state index contributed by atoms with van der Waals surface area (Å²) < 4.78 is 10.4. The molecule has 2 aromatic carbocycles. The van der Waals surface area contributed by atoms with Crippen LogP contribution in [0.1, 0.15) is 5.56 Å². The highest BCUT2D eigenvalue weighted by molar-refractivity contribution is 5.83. The summed E-state index contributed by atoms with van der Waals surface area (Å²) in [5.41, 5.74) is 2.90. The second-order valence-electron chi connectivity index (χ2n) is 4.56. The summed E-state index contributed by atoms with van der Waals surface area (Å²) in [4.78, 5) is 11.8. The van der Waals surface area contributed by atoms with Crippen LogP contribution < -0.4 is 4.74 Å². The molecule has 0 amide bonds. The molecular formula is C16H14O3. The third-order valence-corrected chi connectivity index (χ3v) is 3.10. The van der Waals surface area contributed by atoms with Crippen LogP contribution in [0.2, 0.25) is 0 Å². The number of rotatable bonds is 3. The van der Waals surface area contributed by atoms with E-state index in [2.05, 4.69) is 0 Å². The predicted molar refractivity (Wildman–Crippen MR) is 72.0 cm³/mol. The smallest absolute Gasteiger partial charge is 0.343 e. The number of hydrogen-bond donors (Lipinski definition) is 0.